The molecule has 0 aliphatic heterocycles. The molecule has 4 N–H and O–H groups in total. The van der Waals surface area contributed by atoms with Gasteiger partial charge in [0.25, 0.3) is 0 Å². The highest BCUT2D eigenvalue weighted by atomic mass is 35.5. The number of nitrogens with zero attached hydrogens (tertiary/aromatic N) is 5. The van der Waals surface area contributed by atoms with E-state index in [1.54, 1.807) is 4.68 Å². The van der Waals surface area contributed by atoms with Crippen molar-refractivity contribution in [1.29, 1.82) is 0 Å². The molecule has 2 heterocycles. The molecule has 0 aliphatic carbocycles. The molecule has 24 heavy (non-hydrogen) atoms. The SMILES string of the molecule is CCn1nnc2c(Nc3cccc(Cl)c3)nc(NCC(C)N)nc21. The van der Waals surface area contributed by atoms with E-state index in [4.69, 9.17) is 17.3 Å². The predicted octanol–water partition coefficient (Wildman–Crippen LogP) is 2.40. The van der Waals surface area contributed by atoms with Crippen LogP contribution < -0.4 is 16.4 Å². The van der Waals surface area contributed by atoms with Gasteiger partial charge >= 0.3 is 0 Å². The summed E-state index contributed by atoms with van der Waals surface area (Å²) in [4.78, 5) is 8.99. The van der Waals surface area contributed by atoms with Crippen molar-refractivity contribution >= 4 is 40.2 Å². The Bertz CT molecular complexity index is 845. The van der Waals surface area contributed by atoms with Crippen LogP contribution in [0.5, 0.6) is 0 Å². The lowest BCUT2D eigenvalue weighted by Crippen LogP contribution is -2.26. The number of halogens is 1. The lowest BCUT2D eigenvalue weighted by atomic mass is 10.3. The molecular formula is C15H19ClN8. The summed E-state index contributed by atoms with van der Waals surface area (Å²) in [5.74, 6) is 1.04. The van der Waals surface area contributed by atoms with Crippen LogP contribution in [0.1, 0.15) is 13.8 Å². The number of hydrogen-bond acceptors (Lipinski definition) is 7. The Kier molecular flexibility index (Phi) is 4.77. The second-order valence-electron chi connectivity index (χ2n) is 5.47. The number of benzene rings is 1. The minimum atomic E-state index is -0.0113. The summed E-state index contributed by atoms with van der Waals surface area (Å²) in [7, 11) is 0. The van der Waals surface area contributed by atoms with Crippen LogP contribution in [0.25, 0.3) is 11.2 Å². The molecule has 8 nitrogen and oxygen atoms in total. The molecule has 0 amide bonds. The third-order valence-corrected chi connectivity index (χ3v) is 3.57. The van der Waals surface area contributed by atoms with Gasteiger partial charge in [-0.2, -0.15) is 9.97 Å². The first-order valence-corrected chi connectivity index (χ1v) is 8.08. The van der Waals surface area contributed by atoms with Crippen molar-refractivity contribution in [3.05, 3.63) is 29.3 Å². The van der Waals surface area contributed by atoms with Gasteiger partial charge in [-0.25, -0.2) is 4.68 Å². The van der Waals surface area contributed by atoms with E-state index in [0.717, 1.165) is 5.69 Å². The van der Waals surface area contributed by atoms with E-state index in [1.807, 2.05) is 38.1 Å². The van der Waals surface area contributed by atoms with Gasteiger partial charge in [0.2, 0.25) is 5.95 Å². The van der Waals surface area contributed by atoms with E-state index in [2.05, 4.69) is 30.9 Å². The Morgan fingerprint density at radius 1 is 1.33 bits per heavy atom. The quantitative estimate of drug-likeness (QED) is 0.629. The Labute approximate surface area is 144 Å². The lowest BCUT2D eigenvalue weighted by Gasteiger charge is -2.11. The highest BCUT2D eigenvalue weighted by Gasteiger charge is 2.14. The summed E-state index contributed by atoms with van der Waals surface area (Å²) in [5.41, 5.74) is 7.86. The monoisotopic (exact) mass is 346 g/mol. The highest BCUT2D eigenvalue weighted by molar-refractivity contribution is 6.30. The smallest absolute Gasteiger partial charge is 0.226 e. The molecular weight excluding hydrogens is 328 g/mol. The third kappa shape index (κ3) is 3.55. The number of anilines is 3. The molecule has 1 atom stereocenters. The second-order valence-corrected chi connectivity index (χ2v) is 5.90. The Balaban J connectivity index is 2.02. The molecule has 1 unspecified atom stereocenters. The van der Waals surface area contributed by atoms with Crippen molar-refractivity contribution < 1.29 is 0 Å². The first kappa shape index (κ1) is 16.4. The average Bonchev–Trinajstić information content (AvgIpc) is 2.96. The van der Waals surface area contributed by atoms with Gasteiger partial charge in [0.15, 0.2) is 17.0 Å². The predicted molar refractivity (Wildman–Crippen MR) is 95.7 cm³/mol. The Morgan fingerprint density at radius 3 is 2.88 bits per heavy atom. The summed E-state index contributed by atoms with van der Waals surface area (Å²) >= 11 is 6.04. The maximum Gasteiger partial charge on any atom is 0.226 e. The van der Waals surface area contributed by atoms with Crippen LogP contribution in [0.2, 0.25) is 5.02 Å². The maximum absolute atomic E-state index is 6.04. The molecule has 0 aliphatic rings. The van der Waals surface area contributed by atoms with Crippen molar-refractivity contribution in [3.63, 3.8) is 0 Å². The summed E-state index contributed by atoms with van der Waals surface area (Å²) in [6.07, 6.45) is 0. The standard InChI is InChI=1S/C15H19ClN8/c1-3-24-14-12(22-23-24)13(19-11-6-4-5-10(16)7-11)20-15(21-14)18-8-9(2)17/h4-7,9H,3,8,17H2,1-2H3,(H2,18,19,20,21). The maximum atomic E-state index is 6.04. The molecule has 3 aromatic rings. The van der Waals surface area contributed by atoms with Gasteiger partial charge < -0.3 is 16.4 Å². The number of hydrogen-bond donors (Lipinski definition) is 3. The van der Waals surface area contributed by atoms with Crippen LogP contribution in [0.15, 0.2) is 24.3 Å². The van der Waals surface area contributed by atoms with E-state index in [0.29, 0.717) is 41.0 Å². The molecule has 0 radical (unpaired) electrons. The molecule has 126 valence electrons. The summed E-state index contributed by atoms with van der Waals surface area (Å²) in [5, 5.41) is 15.3. The van der Waals surface area contributed by atoms with Gasteiger partial charge in [-0.1, -0.05) is 22.9 Å². The van der Waals surface area contributed by atoms with Crippen LogP contribution >= 0.6 is 11.6 Å². The van der Waals surface area contributed by atoms with Crippen LogP contribution in [0, 0.1) is 0 Å². The van der Waals surface area contributed by atoms with Gasteiger partial charge in [0, 0.05) is 29.8 Å². The average molecular weight is 347 g/mol. The zero-order valence-corrected chi connectivity index (χ0v) is 14.2. The Morgan fingerprint density at radius 2 is 2.17 bits per heavy atom. The number of nitrogens with one attached hydrogen (secondary N) is 2. The summed E-state index contributed by atoms with van der Waals surface area (Å²) < 4.78 is 1.72. The zero-order chi connectivity index (χ0) is 17.1. The first-order valence-electron chi connectivity index (χ1n) is 7.70. The molecule has 0 bridgehead atoms. The van der Waals surface area contributed by atoms with Crippen LogP contribution in [0.3, 0.4) is 0 Å². The molecule has 3 rings (SSSR count). The van der Waals surface area contributed by atoms with E-state index in [1.165, 1.54) is 0 Å². The van der Waals surface area contributed by atoms with Crippen LogP contribution in [-0.2, 0) is 6.54 Å². The topological polar surface area (TPSA) is 107 Å². The van der Waals surface area contributed by atoms with Crippen LogP contribution in [0.4, 0.5) is 17.5 Å². The fourth-order valence-electron chi connectivity index (χ4n) is 2.19. The van der Waals surface area contributed by atoms with Gasteiger partial charge in [-0.3, -0.25) is 0 Å². The molecule has 1 aromatic carbocycles. The molecule has 0 saturated carbocycles. The molecule has 0 saturated heterocycles. The normalized spacial score (nSPS) is 12.3. The zero-order valence-electron chi connectivity index (χ0n) is 13.5. The van der Waals surface area contributed by atoms with Crippen molar-refractivity contribution in [2.75, 3.05) is 17.2 Å². The molecule has 0 spiro atoms. The summed E-state index contributed by atoms with van der Waals surface area (Å²) in [6.45, 7) is 5.12. The number of rotatable bonds is 6. The number of aryl methyl sites for hydroxylation is 1. The molecule has 9 heteroatoms. The minimum Gasteiger partial charge on any atom is -0.353 e. The van der Waals surface area contributed by atoms with Crippen molar-refractivity contribution in [2.24, 2.45) is 5.73 Å². The Hall–Kier alpha value is -2.45. The van der Waals surface area contributed by atoms with Crippen molar-refractivity contribution in [1.82, 2.24) is 25.0 Å². The fraction of sp³-hybridized carbons (Fsp3) is 0.333. The van der Waals surface area contributed by atoms with E-state index in [-0.39, 0.29) is 6.04 Å². The van der Waals surface area contributed by atoms with Gasteiger partial charge in [0.1, 0.15) is 0 Å². The largest absolute Gasteiger partial charge is 0.353 e. The van der Waals surface area contributed by atoms with E-state index >= 15 is 0 Å². The number of nitrogens with two attached hydrogens (primary N) is 1. The number of fused-ring (bicyclic) bond motifs is 1. The van der Waals surface area contributed by atoms with Crippen LogP contribution in [-0.4, -0.2) is 37.5 Å². The molecule has 2 aromatic heterocycles. The van der Waals surface area contributed by atoms with Gasteiger partial charge in [-0.05, 0) is 32.0 Å². The van der Waals surface area contributed by atoms with Gasteiger partial charge in [-0.15, -0.1) is 5.10 Å². The summed E-state index contributed by atoms with van der Waals surface area (Å²) in [6, 6.07) is 7.38. The third-order valence-electron chi connectivity index (χ3n) is 3.33. The fourth-order valence-corrected chi connectivity index (χ4v) is 2.38. The van der Waals surface area contributed by atoms with E-state index in [9.17, 15) is 0 Å². The lowest BCUT2D eigenvalue weighted by molar-refractivity contribution is 0.641. The first-order chi connectivity index (χ1) is 11.6. The minimum absolute atomic E-state index is 0.0113. The second kappa shape index (κ2) is 6.98. The van der Waals surface area contributed by atoms with Crippen molar-refractivity contribution in [3.8, 4) is 0 Å². The van der Waals surface area contributed by atoms with E-state index < -0.39 is 0 Å². The van der Waals surface area contributed by atoms with Gasteiger partial charge in [0.05, 0.1) is 0 Å². The number of aromatic nitrogens is 5. The highest BCUT2D eigenvalue weighted by Crippen LogP contribution is 2.25. The molecule has 0 fully saturated rings. The van der Waals surface area contributed by atoms with Crippen molar-refractivity contribution in [2.45, 2.75) is 26.4 Å².